The van der Waals surface area contributed by atoms with E-state index in [0.29, 0.717) is 0 Å². The largest absolute Gasteiger partial charge is 0.497 e. The van der Waals surface area contributed by atoms with Crippen molar-refractivity contribution in [3.63, 3.8) is 0 Å². The number of alkyl halides is 1. The average molecular weight is 400 g/mol. The van der Waals surface area contributed by atoms with Gasteiger partial charge in [0, 0.05) is 4.83 Å². The van der Waals surface area contributed by atoms with E-state index in [4.69, 9.17) is 9.47 Å². The topological polar surface area (TPSA) is 18.5 Å². The van der Waals surface area contributed by atoms with Gasteiger partial charge in [0.1, 0.15) is 11.5 Å². The Morgan fingerprint density at radius 2 is 1.85 bits per heavy atom. The van der Waals surface area contributed by atoms with Crippen LogP contribution >= 0.6 is 31.9 Å². The van der Waals surface area contributed by atoms with E-state index in [1.54, 1.807) is 14.2 Å². The normalized spacial score (nSPS) is 12.0. The van der Waals surface area contributed by atoms with Crippen LogP contribution in [0.3, 0.4) is 0 Å². The van der Waals surface area contributed by atoms with Crippen molar-refractivity contribution in [1.29, 1.82) is 0 Å². The van der Waals surface area contributed by atoms with Crippen molar-refractivity contribution >= 4 is 31.9 Å². The monoisotopic (exact) mass is 398 g/mol. The minimum absolute atomic E-state index is 0.247. The number of ether oxygens (including phenoxy) is 2. The third-order valence-electron chi connectivity index (χ3n) is 3.09. The van der Waals surface area contributed by atoms with Crippen LogP contribution < -0.4 is 9.47 Å². The van der Waals surface area contributed by atoms with E-state index in [2.05, 4.69) is 56.1 Å². The van der Waals surface area contributed by atoms with Crippen LogP contribution in [-0.4, -0.2) is 14.2 Å². The molecule has 0 radical (unpaired) electrons. The van der Waals surface area contributed by atoms with E-state index in [0.717, 1.165) is 22.4 Å². The van der Waals surface area contributed by atoms with Crippen LogP contribution in [0.15, 0.2) is 46.9 Å². The van der Waals surface area contributed by atoms with Crippen molar-refractivity contribution in [2.75, 3.05) is 14.2 Å². The standard InChI is InChI=1S/C16H16Br2O2/c1-19-13-5-3-4-11(8-13)9-14(17)12-6-7-16(20-2)15(18)10-12/h3-8,10,14H,9H2,1-2H3. The van der Waals surface area contributed by atoms with Gasteiger partial charge in [0.25, 0.3) is 0 Å². The van der Waals surface area contributed by atoms with Crippen molar-refractivity contribution < 1.29 is 9.47 Å². The summed E-state index contributed by atoms with van der Waals surface area (Å²) in [5, 5.41) is 0. The third-order valence-corrected chi connectivity index (χ3v) is 4.56. The number of rotatable bonds is 5. The van der Waals surface area contributed by atoms with Crippen LogP contribution in [-0.2, 0) is 6.42 Å². The van der Waals surface area contributed by atoms with Crippen LogP contribution in [0.25, 0.3) is 0 Å². The quantitative estimate of drug-likeness (QED) is 0.647. The van der Waals surface area contributed by atoms with Gasteiger partial charge in [-0.2, -0.15) is 0 Å². The van der Waals surface area contributed by atoms with Crippen molar-refractivity contribution in [2.45, 2.75) is 11.2 Å². The lowest BCUT2D eigenvalue weighted by atomic mass is 10.0. The highest BCUT2D eigenvalue weighted by molar-refractivity contribution is 9.10. The summed E-state index contributed by atoms with van der Waals surface area (Å²) in [7, 11) is 3.35. The van der Waals surface area contributed by atoms with Crippen LogP contribution in [0.2, 0.25) is 0 Å². The summed E-state index contributed by atoms with van der Waals surface area (Å²) in [6, 6.07) is 14.3. The zero-order valence-electron chi connectivity index (χ0n) is 11.4. The predicted octanol–water partition coefficient (Wildman–Crippen LogP) is 5.15. The first-order chi connectivity index (χ1) is 9.63. The fraction of sp³-hybridized carbons (Fsp3) is 0.250. The van der Waals surface area contributed by atoms with Crippen LogP contribution in [0.5, 0.6) is 11.5 Å². The number of hydrogen-bond donors (Lipinski definition) is 0. The SMILES string of the molecule is COc1cccc(CC(Br)c2ccc(OC)c(Br)c2)c1. The highest BCUT2D eigenvalue weighted by Crippen LogP contribution is 2.33. The van der Waals surface area contributed by atoms with E-state index in [1.165, 1.54) is 11.1 Å². The Labute approximate surface area is 136 Å². The molecule has 0 heterocycles. The Kier molecular flexibility index (Phi) is 5.49. The van der Waals surface area contributed by atoms with Gasteiger partial charge in [0.2, 0.25) is 0 Å². The molecule has 0 N–H and O–H groups in total. The van der Waals surface area contributed by atoms with Gasteiger partial charge in [-0.1, -0.05) is 34.1 Å². The zero-order valence-corrected chi connectivity index (χ0v) is 14.6. The average Bonchev–Trinajstić information content (AvgIpc) is 2.47. The molecular weight excluding hydrogens is 384 g/mol. The summed E-state index contributed by atoms with van der Waals surface area (Å²) in [5.41, 5.74) is 2.44. The molecule has 0 aliphatic rings. The van der Waals surface area contributed by atoms with Gasteiger partial charge >= 0.3 is 0 Å². The van der Waals surface area contributed by atoms with Crippen LogP contribution in [0, 0.1) is 0 Å². The minimum atomic E-state index is 0.247. The fourth-order valence-electron chi connectivity index (χ4n) is 2.00. The number of benzene rings is 2. The van der Waals surface area contributed by atoms with Crippen LogP contribution in [0.1, 0.15) is 16.0 Å². The minimum Gasteiger partial charge on any atom is -0.497 e. The molecule has 4 heteroatoms. The first-order valence-electron chi connectivity index (χ1n) is 6.24. The van der Waals surface area contributed by atoms with Gasteiger partial charge < -0.3 is 9.47 Å². The molecule has 0 amide bonds. The summed E-state index contributed by atoms with van der Waals surface area (Å²) >= 11 is 7.27. The van der Waals surface area contributed by atoms with E-state index in [9.17, 15) is 0 Å². The molecule has 2 aromatic rings. The molecule has 2 rings (SSSR count). The Morgan fingerprint density at radius 3 is 2.50 bits per heavy atom. The zero-order chi connectivity index (χ0) is 14.5. The van der Waals surface area contributed by atoms with Crippen LogP contribution in [0.4, 0.5) is 0 Å². The van der Waals surface area contributed by atoms with E-state index in [1.807, 2.05) is 18.2 Å². The lowest BCUT2D eigenvalue weighted by molar-refractivity contribution is 0.412. The maximum Gasteiger partial charge on any atom is 0.133 e. The lowest BCUT2D eigenvalue weighted by Gasteiger charge is -2.13. The number of halogens is 2. The first kappa shape index (κ1) is 15.4. The van der Waals surface area contributed by atoms with Gasteiger partial charge in [-0.25, -0.2) is 0 Å². The molecule has 0 saturated carbocycles. The highest BCUT2D eigenvalue weighted by atomic mass is 79.9. The van der Waals surface area contributed by atoms with Gasteiger partial charge in [0.05, 0.1) is 18.7 Å². The maximum absolute atomic E-state index is 5.25. The fourth-order valence-corrected chi connectivity index (χ4v) is 3.22. The van der Waals surface area contributed by atoms with Crippen molar-refractivity contribution in [1.82, 2.24) is 0 Å². The first-order valence-corrected chi connectivity index (χ1v) is 7.95. The lowest BCUT2D eigenvalue weighted by Crippen LogP contribution is -1.97. The predicted molar refractivity (Wildman–Crippen MR) is 89.1 cm³/mol. The molecule has 0 aliphatic carbocycles. The Balaban J connectivity index is 2.14. The molecule has 0 bridgehead atoms. The summed E-state index contributed by atoms with van der Waals surface area (Å²) in [5.74, 6) is 1.73. The summed E-state index contributed by atoms with van der Waals surface area (Å²) < 4.78 is 11.5. The molecular formula is C16H16Br2O2. The summed E-state index contributed by atoms with van der Waals surface area (Å²) in [6.45, 7) is 0. The summed E-state index contributed by atoms with van der Waals surface area (Å²) in [4.78, 5) is 0.247. The van der Waals surface area contributed by atoms with Gasteiger partial charge in [-0.05, 0) is 57.7 Å². The second-order valence-electron chi connectivity index (χ2n) is 4.42. The molecule has 0 saturated heterocycles. The third kappa shape index (κ3) is 3.76. The molecule has 0 fully saturated rings. The van der Waals surface area contributed by atoms with E-state index in [-0.39, 0.29) is 4.83 Å². The molecule has 2 aromatic carbocycles. The Bertz CT molecular complexity index is 584. The summed E-state index contributed by atoms with van der Waals surface area (Å²) in [6.07, 6.45) is 0.899. The smallest absolute Gasteiger partial charge is 0.133 e. The molecule has 1 unspecified atom stereocenters. The van der Waals surface area contributed by atoms with E-state index >= 15 is 0 Å². The van der Waals surface area contributed by atoms with Crippen molar-refractivity contribution in [3.05, 3.63) is 58.1 Å². The Hall–Kier alpha value is -1.00. The molecule has 0 spiro atoms. The maximum atomic E-state index is 5.25. The molecule has 2 nitrogen and oxygen atoms in total. The molecule has 106 valence electrons. The second kappa shape index (κ2) is 7.14. The van der Waals surface area contributed by atoms with Gasteiger partial charge in [-0.15, -0.1) is 0 Å². The second-order valence-corrected chi connectivity index (χ2v) is 6.38. The molecule has 20 heavy (non-hydrogen) atoms. The molecule has 1 atom stereocenters. The van der Waals surface area contributed by atoms with Gasteiger partial charge in [0.15, 0.2) is 0 Å². The Morgan fingerprint density at radius 1 is 1.05 bits per heavy atom. The highest BCUT2D eigenvalue weighted by Gasteiger charge is 2.11. The number of hydrogen-bond acceptors (Lipinski definition) is 2. The van der Waals surface area contributed by atoms with Gasteiger partial charge in [-0.3, -0.25) is 0 Å². The molecule has 0 aromatic heterocycles. The number of methoxy groups -OCH3 is 2. The van der Waals surface area contributed by atoms with Crippen molar-refractivity contribution in [2.24, 2.45) is 0 Å². The molecule has 0 aliphatic heterocycles. The van der Waals surface area contributed by atoms with Crippen molar-refractivity contribution in [3.8, 4) is 11.5 Å². The van der Waals surface area contributed by atoms with E-state index < -0.39 is 0 Å².